The number of fused-ring (bicyclic) bond motifs is 1. The summed E-state index contributed by atoms with van der Waals surface area (Å²) in [6, 6.07) is 14.4. The SMILES string of the molecule is CC(=O)NC(C)(C)CC1CN(C(=O)OCc2ccccc2)c2cc(NC(=O)OC(C)(C)C)ccc2O1. The van der Waals surface area contributed by atoms with E-state index in [4.69, 9.17) is 14.2 Å². The summed E-state index contributed by atoms with van der Waals surface area (Å²) in [5, 5.41) is 5.61. The molecular weight excluding hydrogens is 462 g/mol. The standard InChI is InChI=1S/C27H35N3O6/c1-18(31)29-27(5,6)15-21-16-30(25(33)34-17-19-10-8-7-9-11-19)22-14-20(12-13-23(22)35-21)28-24(32)36-26(2,3)4/h7-14,21H,15-17H2,1-6H3,(H,28,32)(H,29,31). The van der Waals surface area contributed by atoms with E-state index in [0.29, 0.717) is 23.5 Å². The van der Waals surface area contributed by atoms with Gasteiger partial charge in [-0.3, -0.25) is 15.0 Å². The zero-order chi connectivity index (χ0) is 26.5. The molecule has 2 aromatic carbocycles. The van der Waals surface area contributed by atoms with Crippen molar-refractivity contribution in [1.82, 2.24) is 5.32 Å². The first-order valence-electron chi connectivity index (χ1n) is 11.9. The van der Waals surface area contributed by atoms with E-state index in [-0.39, 0.29) is 19.1 Å². The van der Waals surface area contributed by atoms with Crippen LogP contribution in [-0.4, -0.2) is 41.9 Å². The van der Waals surface area contributed by atoms with Crippen molar-refractivity contribution in [3.8, 4) is 5.75 Å². The third kappa shape index (κ3) is 7.90. The average Bonchev–Trinajstić information content (AvgIpc) is 2.75. The van der Waals surface area contributed by atoms with E-state index in [0.717, 1.165) is 5.56 Å². The fraction of sp³-hybridized carbons (Fsp3) is 0.444. The molecule has 0 aliphatic carbocycles. The third-order valence-corrected chi connectivity index (χ3v) is 5.25. The molecule has 0 radical (unpaired) electrons. The first-order valence-corrected chi connectivity index (χ1v) is 11.9. The van der Waals surface area contributed by atoms with Crippen LogP contribution in [0.25, 0.3) is 0 Å². The average molecular weight is 498 g/mol. The molecule has 1 unspecified atom stereocenters. The zero-order valence-corrected chi connectivity index (χ0v) is 21.7. The summed E-state index contributed by atoms with van der Waals surface area (Å²) < 4.78 is 17.1. The second-order valence-electron chi connectivity index (χ2n) is 10.5. The summed E-state index contributed by atoms with van der Waals surface area (Å²) in [7, 11) is 0. The van der Waals surface area contributed by atoms with E-state index in [1.54, 1.807) is 39.0 Å². The van der Waals surface area contributed by atoms with Gasteiger partial charge in [-0.1, -0.05) is 30.3 Å². The van der Waals surface area contributed by atoms with Crippen molar-refractivity contribution in [2.24, 2.45) is 0 Å². The van der Waals surface area contributed by atoms with Gasteiger partial charge in [0.1, 0.15) is 24.1 Å². The Morgan fingerprint density at radius 1 is 1.06 bits per heavy atom. The van der Waals surface area contributed by atoms with E-state index in [1.165, 1.54) is 11.8 Å². The molecule has 1 aliphatic heterocycles. The highest BCUT2D eigenvalue weighted by molar-refractivity contribution is 5.93. The van der Waals surface area contributed by atoms with Crippen LogP contribution >= 0.6 is 0 Å². The molecule has 1 atom stereocenters. The fourth-order valence-electron chi connectivity index (χ4n) is 4.02. The maximum absolute atomic E-state index is 13.2. The second kappa shape index (κ2) is 10.9. The number of benzene rings is 2. The molecule has 0 aromatic heterocycles. The molecular formula is C27H35N3O6. The molecule has 1 aliphatic rings. The lowest BCUT2D eigenvalue weighted by Gasteiger charge is -2.38. The van der Waals surface area contributed by atoms with Crippen molar-refractivity contribution in [2.75, 3.05) is 16.8 Å². The number of nitrogens with one attached hydrogen (secondary N) is 2. The van der Waals surface area contributed by atoms with Crippen LogP contribution in [-0.2, 0) is 20.9 Å². The molecule has 0 bridgehead atoms. The Morgan fingerprint density at radius 3 is 2.39 bits per heavy atom. The monoisotopic (exact) mass is 497 g/mol. The molecule has 9 nitrogen and oxygen atoms in total. The number of amides is 3. The van der Waals surface area contributed by atoms with Crippen molar-refractivity contribution in [1.29, 1.82) is 0 Å². The van der Waals surface area contributed by atoms with E-state index in [2.05, 4.69) is 10.6 Å². The lowest BCUT2D eigenvalue weighted by molar-refractivity contribution is -0.120. The van der Waals surface area contributed by atoms with Gasteiger partial charge in [-0.25, -0.2) is 9.59 Å². The Labute approximate surface area is 212 Å². The van der Waals surface area contributed by atoms with Crippen molar-refractivity contribution in [3.05, 3.63) is 54.1 Å². The molecule has 2 aromatic rings. The number of rotatable bonds is 6. The first-order chi connectivity index (χ1) is 16.8. The molecule has 0 fully saturated rings. The highest BCUT2D eigenvalue weighted by Crippen LogP contribution is 2.38. The predicted octanol–water partition coefficient (Wildman–Crippen LogP) is 5.24. The number of hydrogen-bond donors (Lipinski definition) is 2. The number of anilines is 2. The topological polar surface area (TPSA) is 106 Å². The van der Waals surface area contributed by atoms with Crippen LogP contribution in [0.3, 0.4) is 0 Å². The van der Waals surface area contributed by atoms with Gasteiger partial charge >= 0.3 is 12.2 Å². The molecule has 9 heteroatoms. The minimum Gasteiger partial charge on any atom is -0.486 e. The Bertz CT molecular complexity index is 1090. The fourth-order valence-corrected chi connectivity index (χ4v) is 4.02. The van der Waals surface area contributed by atoms with Gasteiger partial charge in [-0.2, -0.15) is 0 Å². The molecule has 194 valence electrons. The third-order valence-electron chi connectivity index (χ3n) is 5.25. The van der Waals surface area contributed by atoms with E-state index in [1.807, 2.05) is 44.2 Å². The van der Waals surface area contributed by atoms with Crippen LogP contribution in [0.1, 0.15) is 53.5 Å². The lowest BCUT2D eigenvalue weighted by atomic mass is 9.95. The maximum Gasteiger partial charge on any atom is 0.414 e. The Kier molecular flexibility index (Phi) is 8.12. The van der Waals surface area contributed by atoms with Crippen LogP contribution in [0, 0.1) is 0 Å². The summed E-state index contributed by atoms with van der Waals surface area (Å²) in [6.07, 6.45) is -1.08. The molecule has 0 saturated heterocycles. The maximum atomic E-state index is 13.2. The Hall–Kier alpha value is -3.75. The highest BCUT2D eigenvalue weighted by Gasteiger charge is 2.35. The van der Waals surface area contributed by atoms with Crippen molar-refractivity contribution in [2.45, 2.75) is 71.8 Å². The van der Waals surface area contributed by atoms with Gasteiger partial charge in [0.05, 0.1) is 12.2 Å². The van der Waals surface area contributed by atoms with Crippen LogP contribution < -0.4 is 20.3 Å². The lowest BCUT2D eigenvalue weighted by Crippen LogP contribution is -2.50. The summed E-state index contributed by atoms with van der Waals surface area (Å²) >= 11 is 0. The minimum absolute atomic E-state index is 0.115. The number of hydrogen-bond acceptors (Lipinski definition) is 6. The van der Waals surface area contributed by atoms with E-state index >= 15 is 0 Å². The number of carbonyl (C=O) groups is 3. The van der Waals surface area contributed by atoms with Crippen molar-refractivity contribution in [3.63, 3.8) is 0 Å². The molecule has 1 heterocycles. The molecule has 2 N–H and O–H groups in total. The smallest absolute Gasteiger partial charge is 0.414 e. The predicted molar refractivity (Wildman–Crippen MR) is 137 cm³/mol. The van der Waals surface area contributed by atoms with Crippen LogP contribution in [0.2, 0.25) is 0 Å². The van der Waals surface area contributed by atoms with Crippen molar-refractivity contribution >= 4 is 29.5 Å². The quantitative estimate of drug-likeness (QED) is 0.565. The van der Waals surface area contributed by atoms with Crippen molar-refractivity contribution < 1.29 is 28.6 Å². The highest BCUT2D eigenvalue weighted by atomic mass is 16.6. The zero-order valence-electron chi connectivity index (χ0n) is 21.7. The van der Waals surface area contributed by atoms with Gasteiger partial charge in [0.2, 0.25) is 5.91 Å². The van der Waals surface area contributed by atoms with Gasteiger partial charge < -0.3 is 19.5 Å². The van der Waals surface area contributed by atoms with Crippen LogP contribution in [0.15, 0.2) is 48.5 Å². The van der Waals surface area contributed by atoms with Crippen LogP contribution in [0.5, 0.6) is 5.75 Å². The van der Waals surface area contributed by atoms with E-state index < -0.39 is 29.4 Å². The minimum atomic E-state index is -0.650. The molecule has 3 rings (SSSR count). The second-order valence-corrected chi connectivity index (χ2v) is 10.5. The van der Waals surface area contributed by atoms with Crippen LogP contribution in [0.4, 0.5) is 21.0 Å². The number of carbonyl (C=O) groups excluding carboxylic acids is 3. The van der Waals surface area contributed by atoms with Gasteiger partial charge in [0, 0.05) is 24.6 Å². The molecule has 0 saturated carbocycles. The molecule has 3 amide bonds. The number of ether oxygens (including phenoxy) is 3. The summed E-state index contributed by atoms with van der Waals surface area (Å²) in [6.45, 7) is 10.9. The number of nitrogens with zero attached hydrogens (tertiary/aromatic N) is 1. The van der Waals surface area contributed by atoms with E-state index in [9.17, 15) is 14.4 Å². The van der Waals surface area contributed by atoms with Gasteiger partial charge in [-0.15, -0.1) is 0 Å². The summed E-state index contributed by atoms with van der Waals surface area (Å²) in [4.78, 5) is 38.6. The Morgan fingerprint density at radius 2 is 1.75 bits per heavy atom. The molecule has 36 heavy (non-hydrogen) atoms. The Balaban J connectivity index is 1.83. The first kappa shape index (κ1) is 26.8. The van der Waals surface area contributed by atoms with Gasteiger partial charge in [0.25, 0.3) is 0 Å². The van der Waals surface area contributed by atoms with Gasteiger partial charge in [0.15, 0.2) is 0 Å². The summed E-state index contributed by atoms with van der Waals surface area (Å²) in [5.74, 6) is 0.324. The molecule has 0 spiro atoms. The largest absolute Gasteiger partial charge is 0.486 e. The summed E-state index contributed by atoms with van der Waals surface area (Å²) in [5.41, 5.74) is 0.580. The normalized spacial score (nSPS) is 15.3. The van der Waals surface area contributed by atoms with Gasteiger partial charge in [-0.05, 0) is 58.4 Å².